The second-order valence-electron chi connectivity index (χ2n) is 2.59. The molecule has 0 atom stereocenters. The number of phosphoric acid groups is 2. The highest BCUT2D eigenvalue weighted by molar-refractivity contribution is 7.45. The Hall–Kier alpha value is -0.570. The third-order valence-corrected chi connectivity index (χ3v) is 0.412. The van der Waals surface area contributed by atoms with Gasteiger partial charge in [-0.15, -0.1) is 0 Å². The van der Waals surface area contributed by atoms with Crippen LogP contribution >= 0.6 is 15.6 Å². The van der Waals surface area contributed by atoms with E-state index in [2.05, 4.69) is 0 Å². The molecule has 12 heteroatoms. The average Bonchev–Trinajstić information content (AvgIpc) is 1.71. The van der Waals surface area contributed by atoms with Crippen molar-refractivity contribution in [2.75, 3.05) is 0 Å². The van der Waals surface area contributed by atoms with Crippen LogP contribution in [0.3, 0.4) is 0 Å². The standard InChI is InChI=1S/C5H8O2.2H3O4P/c1-4(2)3-5(6)7;2*1-5(2,3)4/h3H,1-2H3,(H,6,7);2*(H3,1,2,3,4). The van der Waals surface area contributed by atoms with E-state index in [0.717, 1.165) is 5.57 Å². The zero-order valence-corrected chi connectivity index (χ0v) is 10.6. The molecular weight excluding hydrogens is 282 g/mol. The van der Waals surface area contributed by atoms with Crippen LogP contribution in [0.25, 0.3) is 0 Å². The molecule has 7 N–H and O–H groups in total. The molecule has 0 aromatic carbocycles. The Kier molecular flexibility index (Phi) is 12.1. The van der Waals surface area contributed by atoms with Crippen molar-refractivity contribution in [1.29, 1.82) is 0 Å². The molecule has 0 saturated carbocycles. The van der Waals surface area contributed by atoms with Gasteiger partial charge in [-0.25, -0.2) is 13.9 Å². The average molecular weight is 296 g/mol. The molecule has 0 aromatic rings. The minimum absolute atomic E-state index is 0.813. The molecule has 0 radical (unpaired) electrons. The minimum Gasteiger partial charge on any atom is -0.478 e. The highest BCUT2D eigenvalue weighted by Crippen LogP contribution is 2.26. The van der Waals surface area contributed by atoms with E-state index in [1.54, 1.807) is 13.8 Å². The first-order valence-electron chi connectivity index (χ1n) is 3.57. The second kappa shape index (κ2) is 9.46. The number of carboxylic acid groups (broad SMARTS) is 1. The van der Waals surface area contributed by atoms with Gasteiger partial charge in [0.1, 0.15) is 0 Å². The van der Waals surface area contributed by atoms with Crippen molar-refractivity contribution >= 4 is 21.6 Å². The minimum atomic E-state index is -4.64. The fourth-order valence-corrected chi connectivity index (χ4v) is 0.247. The van der Waals surface area contributed by atoms with Crippen molar-refractivity contribution in [3.05, 3.63) is 11.6 Å². The summed E-state index contributed by atoms with van der Waals surface area (Å²) < 4.78 is 17.8. The summed E-state index contributed by atoms with van der Waals surface area (Å²) in [5, 5.41) is 8.01. The Labute approximate surface area is 96.3 Å². The van der Waals surface area contributed by atoms with Gasteiger partial charge in [-0.3, -0.25) is 0 Å². The fraction of sp³-hybridized carbons (Fsp3) is 0.400. The molecule has 0 aliphatic rings. The molecule has 0 unspecified atom stereocenters. The van der Waals surface area contributed by atoms with Crippen molar-refractivity contribution < 1.29 is 48.4 Å². The highest BCUT2D eigenvalue weighted by Gasteiger charge is 2.00. The Balaban J connectivity index is -0.000000177. The maximum Gasteiger partial charge on any atom is 0.466 e. The van der Waals surface area contributed by atoms with Crippen molar-refractivity contribution in [3.8, 4) is 0 Å². The van der Waals surface area contributed by atoms with E-state index >= 15 is 0 Å². The first kappa shape index (κ1) is 21.7. The van der Waals surface area contributed by atoms with Crippen LogP contribution in [0.2, 0.25) is 0 Å². The van der Waals surface area contributed by atoms with Crippen molar-refractivity contribution in [2.24, 2.45) is 0 Å². The van der Waals surface area contributed by atoms with Crippen LogP contribution in [-0.2, 0) is 13.9 Å². The van der Waals surface area contributed by atoms with Gasteiger partial charge in [-0.2, -0.15) is 0 Å². The van der Waals surface area contributed by atoms with Crippen LogP contribution in [0.1, 0.15) is 13.8 Å². The summed E-state index contributed by atoms with van der Waals surface area (Å²) in [6, 6.07) is 0. The highest BCUT2D eigenvalue weighted by atomic mass is 31.2. The van der Waals surface area contributed by atoms with Gasteiger partial charge in [0.15, 0.2) is 0 Å². The number of hydrogen-bond acceptors (Lipinski definition) is 3. The van der Waals surface area contributed by atoms with Crippen molar-refractivity contribution in [1.82, 2.24) is 0 Å². The molecule has 0 aromatic heterocycles. The monoisotopic (exact) mass is 296 g/mol. The van der Waals surface area contributed by atoms with E-state index in [4.69, 9.17) is 43.6 Å². The van der Waals surface area contributed by atoms with E-state index in [9.17, 15) is 4.79 Å². The Morgan fingerprint density at radius 3 is 1.06 bits per heavy atom. The quantitative estimate of drug-likeness (QED) is 0.237. The first-order chi connectivity index (χ1) is 7.13. The first-order valence-corrected chi connectivity index (χ1v) is 6.70. The van der Waals surface area contributed by atoms with Crippen LogP contribution in [0.4, 0.5) is 0 Å². The topological polar surface area (TPSA) is 193 Å². The van der Waals surface area contributed by atoms with Crippen molar-refractivity contribution in [3.63, 3.8) is 0 Å². The molecule has 10 nitrogen and oxygen atoms in total. The van der Waals surface area contributed by atoms with Gasteiger partial charge >= 0.3 is 21.6 Å². The Bertz CT molecular complexity index is 294. The van der Waals surface area contributed by atoms with Gasteiger partial charge in [-0.05, 0) is 13.8 Å². The lowest BCUT2D eigenvalue weighted by molar-refractivity contribution is -0.131. The van der Waals surface area contributed by atoms with Crippen LogP contribution in [-0.4, -0.2) is 40.4 Å². The Morgan fingerprint density at radius 1 is 0.882 bits per heavy atom. The number of aliphatic carboxylic acids is 1. The summed E-state index contributed by atoms with van der Waals surface area (Å²) in [6.07, 6.45) is 1.17. The van der Waals surface area contributed by atoms with Crippen LogP contribution in [0.15, 0.2) is 11.6 Å². The molecule has 17 heavy (non-hydrogen) atoms. The number of hydrogen-bond donors (Lipinski definition) is 7. The number of rotatable bonds is 1. The summed E-state index contributed by atoms with van der Waals surface area (Å²) in [6.45, 7) is 3.49. The van der Waals surface area contributed by atoms with E-state index in [0.29, 0.717) is 0 Å². The molecule has 0 rings (SSSR count). The molecule has 0 spiro atoms. The van der Waals surface area contributed by atoms with E-state index in [-0.39, 0.29) is 0 Å². The summed E-state index contributed by atoms with van der Waals surface area (Å²) in [5.41, 5.74) is 0.813. The smallest absolute Gasteiger partial charge is 0.466 e. The van der Waals surface area contributed by atoms with Gasteiger partial charge in [-0.1, -0.05) is 5.57 Å². The molecule has 0 fully saturated rings. The summed E-state index contributed by atoms with van der Waals surface area (Å²) >= 11 is 0. The summed E-state index contributed by atoms with van der Waals surface area (Å²) in [7, 11) is -9.28. The van der Waals surface area contributed by atoms with Crippen molar-refractivity contribution in [2.45, 2.75) is 13.8 Å². The largest absolute Gasteiger partial charge is 0.478 e. The van der Waals surface area contributed by atoms with Gasteiger partial charge in [0, 0.05) is 6.08 Å². The number of carboxylic acids is 1. The van der Waals surface area contributed by atoms with Gasteiger partial charge < -0.3 is 34.5 Å². The van der Waals surface area contributed by atoms with Gasteiger partial charge in [0.05, 0.1) is 0 Å². The molecule has 0 aliphatic heterocycles. The zero-order chi connectivity index (χ0) is 14.9. The van der Waals surface area contributed by atoms with E-state index < -0.39 is 21.6 Å². The second-order valence-corrected chi connectivity index (χ2v) is 4.64. The SMILES string of the molecule is CC(C)=CC(=O)O.O=P(O)(O)O.O=P(O)(O)O. The van der Waals surface area contributed by atoms with Crippen LogP contribution < -0.4 is 0 Å². The normalized spacial score (nSPS) is 10.1. The van der Waals surface area contributed by atoms with Crippen LogP contribution in [0, 0.1) is 0 Å². The molecule has 0 saturated heterocycles. The third-order valence-electron chi connectivity index (χ3n) is 0.412. The van der Waals surface area contributed by atoms with E-state index in [1.165, 1.54) is 6.08 Å². The number of allylic oxidation sites excluding steroid dienone is 1. The number of carbonyl (C=O) groups is 1. The summed E-state index contributed by atoms with van der Waals surface area (Å²) in [5.74, 6) is -0.875. The van der Waals surface area contributed by atoms with Gasteiger partial charge in [0.2, 0.25) is 0 Å². The maximum atomic E-state index is 9.73. The third kappa shape index (κ3) is 237. The molecule has 0 aliphatic carbocycles. The predicted molar refractivity (Wildman–Crippen MR) is 55.6 cm³/mol. The molecule has 0 heterocycles. The molecule has 0 amide bonds. The molecule has 0 bridgehead atoms. The fourth-order valence-electron chi connectivity index (χ4n) is 0.247. The molecular formula is C5H14O10P2. The lowest BCUT2D eigenvalue weighted by Gasteiger charge is -1.82. The van der Waals surface area contributed by atoms with Gasteiger partial charge in [0.25, 0.3) is 0 Å². The lowest BCUT2D eigenvalue weighted by Crippen LogP contribution is -1.86. The predicted octanol–water partition coefficient (Wildman–Crippen LogP) is -0.820. The summed E-state index contributed by atoms with van der Waals surface area (Å²) in [4.78, 5) is 52.9. The lowest BCUT2D eigenvalue weighted by atomic mass is 10.3. The van der Waals surface area contributed by atoms with Crippen LogP contribution in [0.5, 0.6) is 0 Å². The molecule has 104 valence electrons. The Morgan fingerprint density at radius 2 is 1.06 bits per heavy atom. The van der Waals surface area contributed by atoms with E-state index in [1.807, 2.05) is 0 Å². The maximum absolute atomic E-state index is 9.73. The zero-order valence-electron chi connectivity index (χ0n) is 8.83.